The van der Waals surface area contributed by atoms with Crippen molar-refractivity contribution in [3.8, 4) is 0 Å². The third-order valence-electron chi connectivity index (χ3n) is 4.33. The summed E-state index contributed by atoms with van der Waals surface area (Å²) in [4.78, 5) is 7.25. The molecule has 2 rings (SSSR count). The van der Waals surface area contributed by atoms with E-state index in [1.165, 1.54) is 17.7 Å². The van der Waals surface area contributed by atoms with Gasteiger partial charge in [-0.05, 0) is 43.5 Å². The molecule has 1 N–H and O–H groups in total. The molecule has 1 saturated heterocycles. The molecule has 4 heteroatoms. The van der Waals surface area contributed by atoms with Crippen LogP contribution in [0, 0.1) is 5.92 Å². The van der Waals surface area contributed by atoms with Gasteiger partial charge in [0.2, 0.25) is 0 Å². The Kier molecular flexibility index (Phi) is 6.00. The number of anilines is 1. The lowest BCUT2D eigenvalue weighted by Crippen LogP contribution is -2.44. The molecular weight excluding hydrogens is 262 g/mol. The molecule has 118 valence electrons. The minimum Gasteiger partial charge on any atom is -0.379 e. The molecule has 0 amide bonds. The smallest absolute Gasteiger partial charge is 0.129 e. The van der Waals surface area contributed by atoms with Crippen LogP contribution in [0.25, 0.3) is 0 Å². The molecule has 1 aromatic rings. The molecule has 0 saturated carbocycles. The van der Waals surface area contributed by atoms with E-state index in [1.807, 2.05) is 14.2 Å². The van der Waals surface area contributed by atoms with E-state index in [4.69, 9.17) is 9.72 Å². The molecule has 1 fully saturated rings. The summed E-state index contributed by atoms with van der Waals surface area (Å²) >= 11 is 0. The van der Waals surface area contributed by atoms with Gasteiger partial charge in [0.1, 0.15) is 5.82 Å². The molecule has 1 aliphatic heterocycles. The number of methoxy groups -OCH3 is 1. The second kappa shape index (κ2) is 7.76. The number of hydrogen-bond acceptors (Lipinski definition) is 4. The summed E-state index contributed by atoms with van der Waals surface area (Å²) in [7, 11) is 3.81. The van der Waals surface area contributed by atoms with E-state index >= 15 is 0 Å². The van der Waals surface area contributed by atoms with Gasteiger partial charge in [0, 0.05) is 32.4 Å². The van der Waals surface area contributed by atoms with Gasteiger partial charge < -0.3 is 15.0 Å². The van der Waals surface area contributed by atoms with Gasteiger partial charge in [-0.3, -0.25) is 0 Å². The highest BCUT2D eigenvalue weighted by molar-refractivity contribution is 5.43. The molecule has 0 aromatic carbocycles. The first-order valence-corrected chi connectivity index (χ1v) is 8.10. The highest BCUT2D eigenvalue weighted by Crippen LogP contribution is 2.25. The minimum atomic E-state index is 0.308. The lowest BCUT2D eigenvalue weighted by atomic mass is 9.95. The van der Waals surface area contributed by atoms with E-state index in [1.54, 1.807) is 0 Å². The summed E-state index contributed by atoms with van der Waals surface area (Å²) in [6, 6.07) is 4.45. The van der Waals surface area contributed by atoms with Crippen LogP contribution < -0.4 is 10.2 Å². The standard InChI is InChI=1S/C17H29N3O/c1-5-6-15-9-14(11-18-3)10-17(19-15)20-8-7-13(2)16(12-20)21-4/h9-10,13,16,18H,5-8,11-12H2,1-4H3. The van der Waals surface area contributed by atoms with Crippen LogP contribution in [0.1, 0.15) is 37.9 Å². The number of nitrogens with one attached hydrogen (secondary N) is 1. The Hall–Kier alpha value is -1.13. The summed E-state index contributed by atoms with van der Waals surface area (Å²) in [6.07, 6.45) is 3.65. The van der Waals surface area contributed by atoms with Crippen LogP contribution in [0.2, 0.25) is 0 Å². The lowest BCUT2D eigenvalue weighted by molar-refractivity contribution is 0.0496. The first kappa shape index (κ1) is 16.2. The van der Waals surface area contributed by atoms with Crippen LogP contribution in [0.4, 0.5) is 5.82 Å². The maximum absolute atomic E-state index is 5.63. The molecule has 0 spiro atoms. The fourth-order valence-corrected chi connectivity index (χ4v) is 3.03. The Morgan fingerprint density at radius 3 is 2.90 bits per heavy atom. The zero-order chi connectivity index (χ0) is 15.2. The second-order valence-electron chi connectivity index (χ2n) is 6.09. The summed E-state index contributed by atoms with van der Waals surface area (Å²) in [6.45, 7) is 7.39. The van der Waals surface area contributed by atoms with Crippen molar-refractivity contribution >= 4 is 5.82 Å². The number of ether oxygens (including phenoxy) is 1. The molecule has 1 aliphatic rings. The van der Waals surface area contributed by atoms with E-state index in [0.717, 1.165) is 38.3 Å². The molecule has 0 radical (unpaired) electrons. The minimum absolute atomic E-state index is 0.308. The van der Waals surface area contributed by atoms with Gasteiger partial charge in [0.25, 0.3) is 0 Å². The Labute approximate surface area is 128 Å². The lowest BCUT2D eigenvalue weighted by Gasteiger charge is -2.37. The molecule has 2 atom stereocenters. The van der Waals surface area contributed by atoms with Gasteiger partial charge in [-0.2, -0.15) is 0 Å². The Morgan fingerprint density at radius 1 is 1.43 bits per heavy atom. The van der Waals surface area contributed by atoms with Crippen LogP contribution in [-0.4, -0.2) is 38.3 Å². The van der Waals surface area contributed by atoms with E-state index in [-0.39, 0.29) is 0 Å². The van der Waals surface area contributed by atoms with Crippen molar-refractivity contribution < 1.29 is 4.74 Å². The van der Waals surface area contributed by atoms with Gasteiger partial charge in [-0.1, -0.05) is 20.3 Å². The third-order valence-corrected chi connectivity index (χ3v) is 4.33. The summed E-state index contributed by atoms with van der Waals surface area (Å²) in [5.74, 6) is 1.74. The fraction of sp³-hybridized carbons (Fsp3) is 0.706. The first-order chi connectivity index (χ1) is 10.2. The maximum Gasteiger partial charge on any atom is 0.129 e. The molecule has 1 aromatic heterocycles. The van der Waals surface area contributed by atoms with Crippen molar-refractivity contribution in [1.82, 2.24) is 10.3 Å². The molecule has 21 heavy (non-hydrogen) atoms. The molecule has 2 unspecified atom stereocenters. The predicted octanol–water partition coefficient (Wildman–Crippen LogP) is 2.61. The average molecular weight is 291 g/mol. The van der Waals surface area contributed by atoms with Crippen molar-refractivity contribution in [2.24, 2.45) is 5.92 Å². The maximum atomic E-state index is 5.63. The van der Waals surface area contributed by atoms with E-state index in [2.05, 4.69) is 36.2 Å². The Bertz CT molecular complexity index is 425. The molecule has 4 nitrogen and oxygen atoms in total. The summed E-state index contributed by atoms with van der Waals surface area (Å²) < 4.78 is 5.63. The molecule has 2 heterocycles. The number of hydrogen-bond donors (Lipinski definition) is 1. The average Bonchev–Trinajstić information content (AvgIpc) is 2.48. The monoisotopic (exact) mass is 291 g/mol. The molecular formula is C17H29N3O. The van der Waals surface area contributed by atoms with Crippen LogP contribution >= 0.6 is 0 Å². The molecule has 0 aliphatic carbocycles. The molecule has 0 bridgehead atoms. The fourth-order valence-electron chi connectivity index (χ4n) is 3.03. The normalized spacial score (nSPS) is 22.6. The number of aromatic nitrogens is 1. The Balaban J connectivity index is 2.20. The number of pyridine rings is 1. The van der Waals surface area contributed by atoms with Crippen molar-refractivity contribution in [2.75, 3.05) is 32.1 Å². The van der Waals surface area contributed by atoms with Crippen LogP contribution in [0.15, 0.2) is 12.1 Å². The van der Waals surface area contributed by atoms with E-state index in [9.17, 15) is 0 Å². The zero-order valence-electron chi connectivity index (χ0n) is 13.9. The van der Waals surface area contributed by atoms with E-state index < -0.39 is 0 Å². The first-order valence-electron chi connectivity index (χ1n) is 8.10. The number of nitrogens with zero attached hydrogens (tertiary/aromatic N) is 2. The van der Waals surface area contributed by atoms with Crippen LogP contribution in [0.5, 0.6) is 0 Å². The number of piperidine rings is 1. The second-order valence-corrected chi connectivity index (χ2v) is 6.09. The largest absolute Gasteiger partial charge is 0.379 e. The highest BCUT2D eigenvalue weighted by atomic mass is 16.5. The van der Waals surface area contributed by atoms with Crippen LogP contribution in [-0.2, 0) is 17.7 Å². The topological polar surface area (TPSA) is 37.4 Å². The number of rotatable bonds is 6. The predicted molar refractivity (Wildman–Crippen MR) is 87.8 cm³/mol. The van der Waals surface area contributed by atoms with Gasteiger partial charge in [-0.15, -0.1) is 0 Å². The van der Waals surface area contributed by atoms with Gasteiger partial charge in [-0.25, -0.2) is 4.98 Å². The van der Waals surface area contributed by atoms with Crippen LogP contribution in [0.3, 0.4) is 0 Å². The van der Waals surface area contributed by atoms with Gasteiger partial charge in [0.05, 0.1) is 6.10 Å². The zero-order valence-corrected chi connectivity index (χ0v) is 13.9. The summed E-state index contributed by atoms with van der Waals surface area (Å²) in [5, 5.41) is 3.24. The highest BCUT2D eigenvalue weighted by Gasteiger charge is 2.27. The van der Waals surface area contributed by atoms with E-state index in [0.29, 0.717) is 12.0 Å². The van der Waals surface area contributed by atoms with Crippen molar-refractivity contribution in [3.63, 3.8) is 0 Å². The summed E-state index contributed by atoms with van der Waals surface area (Å²) in [5.41, 5.74) is 2.52. The van der Waals surface area contributed by atoms with Crippen molar-refractivity contribution in [3.05, 3.63) is 23.4 Å². The van der Waals surface area contributed by atoms with Gasteiger partial charge >= 0.3 is 0 Å². The quantitative estimate of drug-likeness (QED) is 0.874. The van der Waals surface area contributed by atoms with Crippen molar-refractivity contribution in [1.29, 1.82) is 0 Å². The number of aryl methyl sites for hydroxylation is 1. The SMILES string of the molecule is CCCc1cc(CNC)cc(N2CCC(C)C(OC)C2)n1. The van der Waals surface area contributed by atoms with Crippen molar-refractivity contribution in [2.45, 2.75) is 45.8 Å². The van der Waals surface area contributed by atoms with Gasteiger partial charge in [0.15, 0.2) is 0 Å². The Morgan fingerprint density at radius 2 is 2.24 bits per heavy atom. The third kappa shape index (κ3) is 4.17.